The van der Waals surface area contributed by atoms with E-state index in [2.05, 4.69) is 17.6 Å². The van der Waals surface area contributed by atoms with Crippen LogP contribution in [0, 0.1) is 5.82 Å². The molecule has 0 saturated carbocycles. The van der Waals surface area contributed by atoms with Gasteiger partial charge in [-0.25, -0.2) is 4.39 Å². The Hall–Kier alpha value is -1.42. The van der Waals surface area contributed by atoms with Crippen LogP contribution in [-0.2, 0) is 11.2 Å². The summed E-state index contributed by atoms with van der Waals surface area (Å²) in [6.07, 6.45) is 2.50. The number of amides is 1. The number of carbonyl (C=O) groups excluding carboxylic acids is 1. The quantitative estimate of drug-likeness (QED) is 0.532. The summed E-state index contributed by atoms with van der Waals surface area (Å²) in [5.74, 6) is -0.200. The van der Waals surface area contributed by atoms with Crippen molar-refractivity contribution >= 4 is 6.41 Å². The third-order valence-corrected chi connectivity index (χ3v) is 2.53. The molecule has 0 radical (unpaired) electrons. The van der Waals surface area contributed by atoms with Crippen LogP contribution in [0.3, 0.4) is 0 Å². The molecule has 1 atom stereocenters. The lowest BCUT2D eigenvalue weighted by Crippen LogP contribution is -2.30. The fraction of sp³-hybridized carbons (Fsp3) is 0.462. The van der Waals surface area contributed by atoms with Crippen LogP contribution >= 0.6 is 0 Å². The molecule has 0 spiro atoms. The van der Waals surface area contributed by atoms with Gasteiger partial charge < -0.3 is 10.6 Å². The first-order valence-corrected chi connectivity index (χ1v) is 5.87. The summed E-state index contributed by atoms with van der Waals surface area (Å²) in [7, 11) is 0. The highest BCUT2D eigenvalue weighted by molar-refractivity contribution is 5.45. The highest BCUT2D eigenvalue weighted by Gasteiger charge is 2.02. The van der Waals surface area contributed by atoms with E-state index in [0.717, 1.165) is 24.9 Å². The Morgan fingerprint density at radius 3 is 2.65 bits per heavy atom. The molecule has 0 aromatic heterocycles. The molecule has 1 aromatic rings. The molecule has 4 heteroatoms. The first kappa shape index (κ1) is 13.6. The molecule has 2 N–H and O–H groups in total. The maximum Gasteiger partial charge on any atom is 0.207 e. The van der Waals surface area contributed by atoms with Gasteiger partial charge in [-0.3, -0.25) is 4.79 Å². The maximum atomic E-state index is 12.7. The molecule has 0 saturated heterocycles. The molecular formula is C13H19FN2O. The first-order valence-electron chi connectivity index (χ1n) is 5.87. The fourth-order valence-corrected chi connectivity index (χ4v) is 1.64. The van der Waals surface area contributed by atoms with Gasteiger partial charge in [-0.15, -0.1) is 0 Å². The molecule has 0 bridgehead atoms. The zero-order valence-corrected chi connectivity index (χ0v) is 10.1. The zero-order chi connectivity index (χ0) is 12.5. The molecule has 1 aromatic carbocycles. The van der Waals surface area contributed by atoms with Gasteiger partial charge in [-0.1, -0.05) is 12.1 Å². The van der Waals surface area contributed by atoms with Crippen LogP contribution in [0.5, 0.6) is 0 Å². The van der Waals surface area contributed by atoms with E-state index in [9.17, 15) is 9.18 Å². The van der Waals surface area contributed by atoms with Gasteiger partial charge in [-0.05, 0) is 44.0 Å². The molecule has 0 fully saturated rings. The Labute approximate surface area is 101 Å². The third kappa shape index (κ3) is 6.02. The van der Waals surface area contributed by atoms with Gasteiger partial charge in [-0.2, -0.15) is 0 Å². The molecule has 1 rings (SSSR count). The number of halogens is 1. The van der Waals surface area contributed by atoms with E-state index >= 15 is 0 Å². The maximum absolute atomic E-state index is 12.7. The number of rotatable bonds is 8. The molecule has 0 aliphatic heterocycles. The zero-order valence-electron chi connectivity index (χ0n) is 10.1. The lowest BCUT2D eigenvalue weighted by atomic mass is 10.1. The minimum Gasteiger partial charge on any atom is -0.359 e. The average molecular weight is 238 g/mol. The molecule has 0 aliphatic rings. The Morgan fingerprint density at radius 1 is 1.29 bits per heavy atom. The van der Waals surface area contributed by atoms with E-state index in [1.54, 1.807) is 0 Å². The monoisotopic (exact) mass is 238 g/mol. The normalized spacial score (nSPS) is 12.1. The smallest absolute Gasteiger partial charge is 0.207 e. The summed E-state index contributed by atoms with van der Waals surface area (Å²) in [4.78, 5) is 10.0. The molecular weight excluding hydrogens is 219 g/mol. The molecule has 0 heterocycles. The molecule has 17 heavy (non-hydrogen) atoms. The number of nitrogens with one attached hydrogen (secondary N) is 2. The van der Waals surface area contributed by atoms with Gasteiger partial charge in [0.25, 0.3) is 0 Å². The Kier molecular flexibility index (Phi) is 6.25. The van der Waals surface area contributed by atoms with E-state index in [-0.39, 0.29) is 5.82 Å². The van der Waals surface area contributed by atoms with Crippen molar-refractivity contribution in [3.63, 3.8) is 0 Å². The van der Waals surface area contributed by atoms with Crippen LogP contribution in [-0.4, -0.2) is 25.5 Å². The predicted octanol–water partition coefficient (Wildman–Crippen LogP) is 1.48. The number of benzene rings is 1. The van der Waals surface area contributed by atoms with E-state index in [0.29, 0.717) is 19.0 Å². The van der Waals surface area contributed by atoms with E-state index < -0.39 is 0 Å². The van der Waals surface area contributed by atoms with Crippen molar-refractivity contribution in [2.45, 2.75) is 25.8 Å². The summed E-state index contributed by atoms with van der Waals surface area (Å²) < 4.78 is 12.7. The predicted molar refractivity (Wildman–Crippen MR) is 66.3 cm³/mol. The SMILES string of the molecule is CC(Cc1ccc(F)cc1)NCCCNC=O. The second-order valence-corrected chi connectivity index (χ2v) is 4.11. The third-order valence-electron chi connectivity index (χ3n) is 2.53. The second kappa shape index (κ2) is 7.79. The lowest BCUT2D eigenvalue weighted by Gasteiger charge is -2.13. The van der Waals surface area contributed by atoms with Gasteiger partial charge in [0.05, 0.1) is 0 Å². The van der Waals surface area contributed by atoms with Crippen LogP contribution in [0.4, 0.5) is 4.39 Å². The Bertz CT molecular complexity index is 327. The summed E-state index contributed by atoms with van der Waals surface area (Å²) in [6.45, 7) is 3.65. The van der Waals surface area contributed by atoms with Crippen LogP contribution in [0.1, 0.15) is 18.9 Å². The molecule has 3 nitrogen and oxygen atoms in total. The van der Waals surface area contributed by atoms with E-state index in [4.69, 9.17) is 0 Å². The van der Waals surface area contributed by atoms with Gasteiger partial charge >= 0.3 is 0 Å². The average Bonchev–Trinajstić information content (AvgIpc) is 2.32. The summed E-state index contributed by atoms with van der Waals surface area (Å²) >= 11 is 0. The van der Waals surface area contributed by atoms with Crippen molar-refractivity contribution in [1.82, 2.24) is 10.6 Å². The minimum atomic E-state index is -0.200. The largest absolute Gasteiger partial charge is 0.359 e. The highest BCUT2D eigenvalue weighted by atomic mass is 19.1. The van der Waals surface area contributed by atoms with Crippen LogP contribution in [0.25, 0.3) is 0 Å². The first-order chi connectivity index (χ1) is 8.22. The number of hydrogen-bond donors (Lipinski definition) is 2. The summed E-state index contributed by atoms with van der Waals surface area (Å²) in [5.41, 5.74) is 1.12. The van der Waals surface area contributed by atoms with Gasteiger partial charge in [0.15, 0.2) is 0 Å². The van der Waals surface area contributed by atoms with E-state index in [1.807, 2.05) is 12.1 Å². The number of carbonyl (C=O) groups is 1. The van der Waals surface area contributed by atoms with Gasteiger partial charge in [0, 0.05) is 12.6 Å². The number of hydrogen-bond acceptors (Lipinski definition) is 2. The van der Waals surface area contributed by atoms with Crippen molar-refractivity contribution in [3.8, 4) is 0 Å². The summed E-state index contributed by atoms with van der Waals surface area (Å²) in [5, 5.41) is 5.97. The van der Waals surface area contributed by atoms with Crippen molar-refractivity contribution in [2.24, 2.45) is 0 Å². The minimum absolute atomic E-state index is 0.200. The Morgan fingerprint density at radius 2 is 2.00 bits per heavy atom. The van der Waals surface area contributed by atoms with Crippen molar-refractivity contribution in [2.75, 3.05) is 13.1 Å². The van der Waals surface area contributed by atoms with Crippen molar-refractivity contribution in [3.05, 3.63) is 35.6 Å². The van der Waals surface area contributed by atoms with Crippen LogP contribution in [0.2, 0.25) is 0 Å². The van der Waals surface area contributed by atoms with Crippen molar-refractivity contribution in [1.29, 1.82) is 0 Å². The van der Waals surface area contributed by atoms with Crippen molar-refractivity contribution < 1.29 is 9.18 Å². The molecule has 1 unspecified atom stereocenters. The molecule has 0 aliphatic carbocycles. The van der Waals surface area contributed by atoms with Gasteiger partial charge in [0.2, 0.25) is 6.41 Å². The van der Waals surface area contributed by atoms with Crippen LogP contribution in [0.15, 0.2) is 24.3 Å². The molecule has 1 amide bonds. The molecule has 94 valence electrons. The summed E-state index contributed by atoms with van der Waals surface area (Å²) in [6, 6.07) is 6.92. The Balaban J connectivity index is 2.18. The topological polar surface area (TPSA) is 41.1 Å². The van der Waals surface area contributed by atoms with Gasteiger partial charge in [0.1, 0.15) is 5.82 Å². The second-order valence-electron chi connectivity index (χ2n) is 4.11. The standard InChI is InChI=1S/C13H19FN2O/c1-11(16-8-2-7-15-10-17)9-12-3-5-13(14)6-4-12/h3-6,10-11,16H,2,7-9H2,1H3,(H,15,17). The fourth-order valence-electron chi connectivity index (χ4n) is 1.64. The van der Waals surface area contributed by atoms with Crippen LogP contribution < -0.4 is 10.6 Å². The lowest BCUT2D eigenvalue weighted by molar-refractivity contribution is -0.109. The highest BCUT2D eigenvalue weighted by Crippen LogP contribution is 2.05. The van der Waals surface area contributed by atoms with E-state index in [1.165, 1.54) is 12.1 Å².